The fraction of sp³-hybridized carbons (Fsp3) is 0.423. The molecule has 1 atom stereocenters. The fourth-order valence-electron chi connectivity index (χ4n) is 1.96. The van der Waals surface area contributed by atoms with Gasteiger partial charge in [0.15, 0.2) is 5.78 Å². The van der Waals surface area contributed by atoms with Crippen molar-refractivity contribution in [3.63, 3.8) is 0 Å². The summed E-state index contributed by atoms with van der Waals surface area (Å²) in [5, 5.41) is 2.10. The van der Waals surface area contributed by atoms with Gasteiger partial charge in [0.1, 0.15) is 5.78 Å². The monoisotopic (exact) mass is 443 g/mol. The molecule has 0 fully saturated rings. The lowest BCUT2D eigenvalue weighted by molar-refractivity contribution is -0.130. The molecule has 2 rings (SSSR count). The zero-order valence-electron chi connectivity index (χ0n) is 20.2. The van der Waals surface area contributed by atoms with E-state index in [1.165, 1.54) is 25.1 Å². The van der Waals surface area contributed by atoms with Gasteiger partial charge in [-0.25, -0.2) is 0 Å². The van der Waals surface area contributed by atoms with Gasteiger partial charge in [0.2, 0.25) is 5.91 Å². The average molecular weight is 444 g/mol. The largest absolute Gasteiger partial charge is 0.369 e. The fourth-order valence-corrected chi connectivity index (χ4v) is 2.88. The number of primary amides is 1. The van der Waals surface area contributed by atoms with Crippen molar-refractivity contribution in [3.8, 4) is 11.8 Å². The molecule has 1 amide bonds. The van der Waals surface area contributed by atoms with Gasteiger partial charge in [0, 0.05) is 26.9 Å². The first-order valence-electron chi connectivity index (χ1n) is 10.7. The third-order valence-electron chi connectivity index (χ3n) is 3.83. The lowest BCUT2D eigenvalue weighted by Gasteiger charge is -1.97. The number of hydrogen-bond acceptors (Lipinski definition) is 4. The second-order valence-electron chi connectivity index (χ2n) is 6.17. The molecule has 0 bridgehead atoms. The Bertz CT molecular complexity index is 841. The summed E-state index contributed by atoms with van der Waals surface area (Å²) in [6.07, 6.45) is 2.29. The highest BCUT2D eigenvalue weighted by Crippen LogP contribution is 2.15. The first-order valence-corrected chi connectivity index (χ1v) is 11.6. The molecule has 4 nitrogen and oxygen atoms in total. The number of aryl methyl sites for hydroxylation is 1. The lowest BCUT2D eigenvalue weighted by Crippen LogP contribution is -2.25. The third-order valence-corrected chi connectivity index (χ3v) is 4.83. The summed E-state index contributed by atoms with van der Waals surface area (Å²) in [5.74, 6) is 5.01. The standard InChI is InChI=1S/C17H16OS.C5H9NO2.2C2H6/c1-3-4-17-11-15(12-19-17)6-5-14-7-9-16(10-8-14)13(2)18;1-3(4(2)7)5(6)8;2*1-2/h7-12H,3-4H2,1-2H3;3H,1-2H3,(H2,6,8);2*1-2H3. The summed E-state index contributed by atoms with van der Waals surface area (Å²) in [6, 6.07) is 9.59. The van der Waals surface area contributed by atoms with Gasteiger partial charge in [-0.15, -0.1) is 11.3 Å². The summed E-state index contributed by atoms with van der Waals surface area (Å²) >= 11 is 1.77. The predicted octanol–water partition coefficient (Wildman–Crippen LogP) is 6.05. The zero-order chi connectivity index (χ0) is 24.4. The van der Waals surface area contributed by atoms with Gasteiger partial charge in [-0.3, -0.25) is 14.4 Å². The number of benzene rings is 1. The maximum atomic E-state index is 11.2. The number of nitrogens with two attached hydrogens (primary N) is 1. The second kappa shape index (κ2) is 18.1. The van der Waals surface area contributed by atoms with Gasteiger partial charge in [-0.05, 0) is 45.4 Å². The second-order valence-corrected chi connectivity index (χ2v) is 7.17. The predicted molar refractivity (Wildman–Crippen MR) is 132 cm³/mol. The number of rotatable bonds is 5. The van der Waals surface area contributed by atoms with Gasteiger partial charge in [0.05, 0.1) is 5.92 Å². The van der Waals surface area contributed by atoms with E-state index in [4.69, 9.17) is 5.73 Å². The van der Waals surface area contributed by atoms with Crippen LogP contribution in [0.15, 0.2) is 35.7 Å². The molecule has 2 N–H and O–H groups in total. The highest BCUT2D eigenvalue weighted by molar-refractivity contribution is 7.10. The van der Waals surface area contributed by atoms with Crippen molar-refractivity contribution in [2.45, 2.75) is 68.2 Å². The topological polar surface area (TPSA) is 77.2 Å². The molecule has 5 heteroatoms. The summed E-state index contributed by atoms with van der Waals surface area (Å²) in [4.78, 5) is 33.0. The normalized spacial score (nSPS) is 9.68. The molecule has 0 aliphatic rings. The maximum Gasteiger partial charge on any atom is 0.227 e. The van der Waals surface area contributed by atoms with Gasteiger partial charge in [-0.1, -0.05) is 65.0 Å². The van der Waals surface area contributed by atoms with E-state index in [1.807, 2.05) is 52.0 Å². The van der Waals surface area contributed by atoms with Gasteiger partial charge < -0.3 is 5.73 Å². The SMILES string of the molecule is CC.CC.CC(=O)C(C)C(N)=O.CCCc1cc(C#Cc2ccc(C(C)=O)cc2)cs1. The highest BCUT2D eigenvalue weighted by atomic mass is 32.1. The lowest BCUT2D eigenvalue weighted by atomic mass is 10.1. The Balaban J connectivity index is 0. The number of amides is 1. The quantitative estimate of drug-likeness (QED) is 0.347. The number of Topliss-reactive ketones (excluding diaryl/α,β-unsaturated/α-hetero) is 2. The average Bonchev–Trinajstić information content (AvgIpc) is 3.23. The van der Waals surface area contributed by atoms with E-state index in [1.54, 1.807) is 18.3 Å². The van der Waals surface area contributed by atoms with Crippen LogP contribution in [-0.2, 0) is 16.0 Å². The Labute approximate surface area is 192 Å². The van der Waals surface area contributed by atoms with Crippen molar-refractivity contribution >= 4 is 28.8 Å². The zero-order valence-corrected chi connectivity index (χ0v) is 21.0. The van der Waals surface area contributed by atoms with E-state index in [2.05, 4.69) is 30.2 Å². The van der Waals surface area contributed by atoms with Crippen LogP contribution in [-0.4, -0.2) is 17.5 Å². The molecule has 1 aromatic heterocycles. The van der Waals surface area contributed by atoms with Gasteiger partial charge in [-0.2, -0.15) is 0 Å². The molecule has 1 aromatic carbocycles. The first-order chi connectivity index (χ1) is 14.7. The van der Waals surface area contributed by atoms with E-state index in [0.717, 1.165) is 23.1 Å². The van der Waals surface area contributed by atoms with Crippen LogP contribution in [0.4, 0.5) is 0 Å². The van der Waals surface area contributed by atoms with Crippen molar-refractivity contribution in [1.29, 1.82) is 0 Å². The molecule has 1 unspecified atom stereocenters. The molecule has 31 heavy (non-hydrogen) atoms. The van der Waals surface area contributed by atoms with Crippen molar-refractivity contribution < 1.29 is 14.4 Å². The first kappa shape index (κ1) is 30.5. The minimum atomic E-state index is -0.630. The third kappa shape index (κ3) is 13.3. The van der Waals surface area contributed by atoms with E-state index in [0.29, 0.717) is 0 Å². The molecule has 0 saturated heterocycles. The van der Waals surface area contributed by atoms with Crippen LogP contribution in [0.3, 0.4) is 0 Å². The van der Waals surface area contributed by atoms with E-state index in [-0.39, 0.29) is 11.6 Å². The molecule has 0 aliphatic heterocycles. The van der Waals surface area contributed by atoms with Crippen LogP contribution in [0.25, 0.3) is 0 Å². The molecule has 170 valence electrons. The summed E-state index contributed by atoms with van der Waals surface area (Å²) in [6.45, 7) is 14.6. The van der Waals surface area contributed by atoms with E-state index in [9.17, 15) is 14.4 Å². The Hall–Kier alpha value is -2.71. The minimum absolute atomic E-state index is 0.0848. The molecule has 0 aliphatic carbocycles. The van der Waals surface area contributed by atoms with Crippen LogP contribution in [0, 0.1) is 17.8 Å². The summed E-state index contributed by atoms with van der Waals surface area (Å²) < 4.78 is 0. The number of hydrogen-bond donors (Lipinski definition) is 1. The number of thiophene rings is 1. The minimum Gasteiger partial charge on any atom is -0.369 e. The van der Waals surface area contributed by atoms with Gasteiger partial charge in [0.25, 0.3) is 0 Å². The van der Waals surface area contributed by atoms with Crippen molar-refractivity contribution in [2.24, 2.45) is 11.7 Å². The Morgan fingerprint density at radius 3 is 1.87 bits per heavy atom. The molecule has 0 radical (unpaired) electrons. The smallest absolute Gasteiger partial charge is 0.227 e. The van der Waals surface area contributed by atoms with Crippen LogP contribution in [0.1, 0.15) is 88.2 Å². The Morgan fingerprint density at radius 1 is 0.968 bits per heavy atom. The van der Waals surface area contributed by atoms with E-state index < -0.39 is 11.8 Å². The van der Waals surface area contributed by atoms with Crippen LogP contribution < -0.4 is 5.73 Å². The van der Waals surface area contributed by atoms with Crippen LogP contribution >= 0.6 is 11.3 Å². The highest BCUT2D eigenvalue weighted by Gasteiger charge is 2.12. The number of carbonyl (C=O) groups is 3. The number of ketones is 2. The molecule has 0 saturated carbocycles. The Morgan fingerprint density at radius 2 is 1.48 bits per heavy atom. The van der Waals surface area contributed by atoms with Crippen LogP contribution in [0.5, 0.6) is 0 Å². The van der Waals surface area contributed by atoms with Crippen molar-refractivity contribution in [1.82, 2.24) is 0 Å². The summed E-state index contributed by atoms with van der Waals surface area (Å²) in [5.41, 5.74) is 7.52. The maximum absolute atomic E-state index is 11.2. The molecule has 1 heterocycles. The molecular formula is C26H37NO3S. The van der Waals surface area contributed by atoms with Crippen molar-refractivity contribution in [2.75, 3.05) is 0 Å². The molecular weight excluding hydrogens is 406 g/mol. The van der Waals surface area contributed by atoms with Gasteiger partial charge >= 0.3 is 0 Å². The Kier molecular flexibility index (Phi) is 17.8. The van der Waals surface area contributed by atoms with Crippen LogP contribution in [0.2, 0.25) is 0 Å². The molecule has 0 spiro atoms. The number of carbonyl (C=O) groups excluding carboxylic acids is 3. The summed E-state index contributed by atoms with van der Waals surface area (Å²) in [7, 11) is 0. The van der Waals surface area contributed by atoms with E-state index >= 15 is 0 Å². The van der Waals surface area contributed by atoms with Crippen molar-refractivity contribution in [3.05, 3.63) is 57.3 Å². The molecule has 2 aromatic rings.